The highest BCUT2D eigenvalue weighted by atomic mass is 32.2. The lowest BCUT2D eigenvalue weighted by Gasteiger charge is -2.31. The highest BCUT2D eigenvalue weighted by molar-refractivity contribution is 7.92. The Kier molecular flexibility index (Phi) is 4.00. The fourth-order valence-electron chi connectivity index (χ4n) is 3.32. The Balaban J connectivity index is 2.02. The van der Waals surface area contributed by atoms with Crippen LogP contribution in [0.2, 0.25) is 0 Å². The van der Waals surface area contributed by atoms with Gasteiger partial charge in [-0.2, -0.15) is 0 Å². The first-order chi connectivity index (χ1) is 10.1. The van der Waals surface area contributed by atoms with Crippen LogP contribution in [0, 0.1) is 0 Å². The summed E-state index contributed by atoms with van der Waals surface area (Å²) < 4.78 is 25.9. The second-order valence-corrected chi connectivity index (χ2v) is 7.94. The Bertz CT molecular complexity index is 739. The second kappa shape index (κ2) is 5.78. The van der Waals surface area contributed by atoms with Crippen molar-refractivity contribution in [3.8, 4) is 0 Å². The maximum atomic E-state index is 13.0. The Morgan fingerprint density at radius 1 is 1.00 bits per heavy atom. The summed E-state index contributed by atoms with van der Waals surface area (Å²) in [5.41, 5.74) is 0. The topological polar surface area (TPSA) is 46.2 Å². The predicted molar refractivity (Wildman–Crippen MR) is 86.2 cm³/mol. The van der Waals surface area contributed by atoms with Gasteiger partial charge in [-0.05, 0) is 42.8 Å². The van der Waals surface area contributed by atoms with E-state index in [1.165, 1.54) is 0 Å². The molecule has 2 aromatic rings. The second-order valence-electron chi connectivity index (χ2n) is 5.77. The smallest absolute Gasteiger partial charge is 0.182 e. The van der Waals surface area contributed by atoms with Gasteiger partial charge in [-0.25, -0.2) is 8.42 Å². The summed E-state index contributed by atoms with van der Waals surface area (Å²) in [6.07, 6.45) is 3.79. The Labute approximate surface area is 126 Å². The molecule has 0 amide bonds. The standard InChI is InChI=1S/C17H21NO2S/c1-18-16-8-4-5-9-17(16)21(19,20)15-11-10-13-6-2-3-7-14(13)12-15/h2-3,6-7,10-12,16-18H,4-5,8-9H2,1H3. The third-order valence-electron chi connectivity index (χ3n) is 4.52. The SMILES string of the molecule is CNC1CCCCC1S(=O)(=O)c1ccc2ccccc2c1. The molecule has 3 rings (SSSR count). The minimum absolute atomic E-state index is 0.0650. The van der Waals surface area contributed by atoms with Crippen LogP contribution in [0.3, 0.4) is 0 Å². The van der Waals surface area contributed by atoms with Gasteiger partial charge in [0.2, 0.25) is 0 Å². The molecule has 1 N–H and O–H groups in total. The maximum absolute atomic E-state index is 13.0. The van der Waals surface area contributed by atoms with Crippen LogP contribution in [0.15, 0.2) is 47.4 Å². The van der Waals surface area contributed by atoms with Gasteiger partial charge in [0, 0.05) is 6.04 Å². The van der Waals surface area contributed by atoms with Crippen molar-refractivity contribution in [2.45, 2.75) is 41.9 Å². The van der Waals surface area contributed by atoms with E-state index in [9.17, 15) is 8.42 Å². The zero-order valence-electron chi connectivity index (χ0n) is 12.2. The van der Waals surface area contributed by atoms with Crippen molar-refractivity contribution in [1.29, 1.82) is 0 Å². The first-order valence-corrected chi connectivity index (χ1v) is 9.07. The zero-order chi connectivity index (χ0) is 14.9. The Morgan fingerprint density at radius 3 is 2.48 bits per heavy atom. The van der Waals surface area contributed by atoms with E-state index in [4.69, 9.17) is 0 Å². The number of sulfone groups is 1. The van der Waals surface area contributed by atoms with E-state index >= 15 is 0 Å². The van der Waals surface area contributed by atoms with Gasteiger partial charge in [0.25, 0.3) is 0 Å². The van der Waals surface area contributed by atoms with E-state index in [-0.39, 0.29) is 11.3 Å². The molecule has 112 valence electrons. The summed E-state index contributed by atoms with van der Waals surface area (Å²) >= 11 is 0. The normalized spacial score (nSPS) is 23.3. The van der Waals surface area contributed by atoms with Crippen molar-refractivity contribution in [3.63, 3.8) is 0 Å². The van der Waals surface area contributed by atoms with Gasteiger partial charge >= 0.3 is 0 Å². The molecule has 4 heteroatoms. The molecule has 0 heterocycles. The van der Waals surface area contributed by atoms with Gasteiger partial charge < -0.3 is 5.32 Å². The van der Waals surface area contributed by atoms with Crippen molar-refractivity contribution in [2.75, 3.05) is 7.05 Å². The summed E-state index contributed by atoms with van der Waals surface area (Å²) in [7, 11) is -1.42. The molecule has 2 aromatic carbocycles. The van der Waals surface area contributed by atoms with Crippen molar-refractivity contribution in [1.82, 2.24) is 5.32 Å². The van der Waals surface area contributed by atoms with Gasteiger partial charge in [-0.1, -0.05) is 43.2 Å². The number of nitrogens with one attached hydrogen (secondary N) is 1. The number of fused-ring (bicyclic) bond motifs is 1. The molecular weight excluding hydrogens is 282 g/mol. The van der Waals surface area contributed by atoms with Crippen molar-refractivity contribution >= 4 is 20.6 Å². The van der Waals surface area contributed by atoms with E-state index in [2.05, 4.69) is 5.32 Å². The molecule has 1 saturated carbocycles. The van der Waals surface area contributed by atoms with E-state index < -0.39 is 9.84 Å². The van der Waals surface area contributed by atoms with Crippen LogP contribution in [0.4, 0.5) is 0 Å². The van der Waals surface area contributed by atoms with E-state index in [0.29, 0.717) is 4.90 Å². The van der Waals surface area contributed by atoms with Gasteiger partial charge in [-0.3, -0.25) is 0 Å². The van der Waals surface area contributed by atoms with Gasteiger partial charge in [-0.15, -0.1) is 0 Å². The van der Waals surface area contributed by atoms with Gasteiger partial charge in [0.05, 0.1) is 10.1 Å². The summed E-state index contributed by atoms with van der Waals surface area (Å²) in [5, 5.41) is 4.94. The first-order valence-electron chi connectivity index (χ1n) is 7.53. The van der Waals surface area contributed by atoms with Crippen LogP contribution in [0.5, 0.6) is 0 Å². The molecule has 0 radical (unpaired) electrons. The van der Waals surface area contributed by atoms with E-state index in [1.807, 2.05) is 43.4 Å². The largest absolute Gasteiger partial charge is 0.316 e. The number of hydrogen-bond donors (Lipinski definition) is 1. The fourth-order valence-corrected chi connectivity index (χ4v) is 5.40. The lowest BCUT2D eigenvalue weighted by Crippen LogP contribution is -2.44. The minimum atomic E-state index is -3.28. The molecule has 3 nitrogen and oxygen atoms in total. The van der Waals surface area contributed by atoms with Crippen LogP contribution in [0.25, 0.3) is 10.8 Å². The average Bonchev–Trinajstić information content (AvgIpc) is 2.54. The Morgan fingerprint density at radius 2 is 1.71 bits per heavy atom. The molecule has 0 aromatic heterocycles. The van der Waals surface area contributed by atoms with Crippen molar-refractivity contribution in [2.24, 2.45) is 0 Å². The maximum Gasteiger partial charge on any atom is 0.182 e. The molecule has 1 aliphatic carbocycles. The number of hydrogen-bond acceptors (Lipinski definition) is 3. The molecule has 1 fully saturated rings. The number of rotatable bonds is 3. The highest BCUT2D eigenvalue weighted by Gasteiger charge is 2.35. The highest BCUT2D eigenvalue weighted by Crippen LogP contribution is 2.30. The molecule has 1 aliphatic rings. The third kappa shape index (κ3) is 2.70. The lowest BCUT2D eigenvalue weighted by molar-refractivity contribution is 0.390. The molecule has 0 saturated heterocycles. The molecule has 21 heavy (non-hydrogen) atoms. The zero-order valence-corrected chi connectivity index (χ0v) is 13.1. The average molecular weight is 303 g/mol. The van der Waals surface area contributed by atoms with E-state index in [0.717, 1.165) is 36.5 Å². The molecular formula is C17H21NO2S. The van der Waals surface area contributed by atoms with Crippen molar-refractivity contribution in [3.05, 3.63) is 42.5 Å². The first kappa shape index (κ1) is 14.5. The molecule has 2 unspecified atom stereocenters. The quantitative estimate of drug-likeness (QED) is 0.947. The van der Waals surface area contributed by atoms with Gasteiger partial charge in [0.15, 0.2) is 9.84 Å². The summed E-state index contributed by atoms with van der Waals surface area (Å²) in [6.45, 7) is 0. The molecule has 2 atom stereocenters. The lowest BCUT2D eigenvalue weighted by atomic mass is 9.95. The molecule has 0 aliphatic heterocycles. The predicted octanol–water partition coefficient (Wildman–Crippen LogP) is 3.14. The van der Waals surface area contributed by atoms with Crippen LogP contribution >= 0.6 is 0 Å². The van der Waals surface area contributed by atoms with Crippen molar-refractivity contribution < 1.29 is 8.42 Å². The number of benzene rings is 2. The van der Waals surface area contributed by atoms with Crippen LogP contribution < -0.4 is 5.32 Å². The minimum Gasteiger partial charge on any atom is -0.316 e. The Hall–Kier alpha value is -1.39. The molecule has 0 bridgehead atoms. The third-order valence-corrected chi connectivity index (χ3v) is 6.79. The summed E-state index contributed by atoms with van der Waals surface area (Å²) in [5.74, 6) is 0. The molecule has 0 spiro atoms. The summed E-state index contributed by atoms with van der Waals surface area (Å²) in [4.78, 5) is 0.452. The van der Waals surface area contributed by atoms with Crippen LogP contribution in [-0.4, -0.2) is 26.8 Å². The van der Waals surface area contributed by atoms with Crippen LogP contribution in [-0.2, 0) is 9.84 Å². The summed E-state index contributed by atoms with van der Waals surface area (Å²) in [6, 6.07) is 13.4. The van der Waals surface area contributed by atoms with E-state index in [1.54, 1.807) is 6.07 Å². The monoisotopic (exact) mass is 303 g/mol. The van der Waals surface area contributed by atoms with Crippen LogP contribution in [0.1, 0.15) is 25.7 Å². The fraction of sp³-hybridized carbons (Fsp3) is 0.412. The van der Waals surface area contributed by atoms with Gasteiger partial charge in [0.1, 0.15) is 0 Å².